The molecule has 0 spiro atoms. The zero-order valence-corrected chi connectivity index (χ0v) is 13.9. The second kappa shape index (κ2) is 7.09. The molecule has 0 aliphatic carbocycles. The summed E-state index contributed by atoms with van der Waals surface area (Å²) in [5.74, 6) is -1.29. The predicted octanol–water partition coefficient (Wildman–Crippen LogP) is 2.45. The summed E-state index contributed by atoms with van der Waals surface area (Å²) in [5, 5.41) is 12.7. The van der Waals surface area contributed by atoms with Crippen LogP contribution in [0.25, 0.3) is 10.9 Å². The summed E-state index contributed by atoms with van der Waals surface area (Å²) in [6, 6.07) is 12.8. The number of carbonyl (C=O) groups is 2. The second-order valence-electron chi connectivity index (χ2n) is 5.98. The topological polar surface area (TPSA) is 92.1 Å². The van der Waals surface area contributed by atoms with Crippen molar-refractivity contribution < 1.29 is 14.3 Å². The summed E-state index contributed by atoms with van der Waals surface area (Å²) < 4.78 is 4.99. The summed E-state index contributed by atoms with van der Waals surface area (Å²) in [6.07, 6.45) is 0. The number of hydrogen-bond acceptors (Lipinski definition) is 5. The van der Waals surface area contributed by atoms with E-state index in [1.165, 1.54) is 0 Å². The largest absolute Gasteiger partial charge is 0.451 e. The first-order valence-corrected chi connectivity index (χ1v) is 7.61. The zero-order chi connectivity index (χ0) is 17.7. The first-order valence-electron chi connectivity index (χ1n) is 7.61. The second-order valence-corrected chi connectivity index (χ2v) is 5.98. The van der Waals surface area contributed by atoms with Gasteiger partial charge in [-0.25, -0.2) is 9.78 Å². The lowest BCUT2D eigenvalue weighted by Crippen LogP contribution is -2.50. The first-order chi connectivity index (χ1) is 11.4. The summed E-state index contributed by atoms with van der Waals surface area (Å²) in [4.78, 5) is 28.2. The fraction of sp³-hybridized carbons (Fsp3) is 0.333. The van der Waals surface area contributed by atoms with Crippen molar-refractivity contribution in [3.63, 3.8) is 0 Å². The Morgan fingerprint density at radius 3 is 2.67 bits per heavy atom. The Labute approximate surface area is 140 Å². The van der Waals surface area contributed by atoms with Gasteiger partial charge in [-0.15, -0.1) is 0 Å². The molecule has 0 aliphatic rings. The van der Waals surface area contributed by atoms with Gasteiger partial charge in [0.25, 0.3) is 5.91 Å². The Morgan fingerprint density at radius 2 is 2.00 bits per heavy atom. The van der Waals surface area contributed by atoms with Gasteiger partial charge in [0.15, 0.2) is 6.61 Å². The number of rotatable bonds is 5. The highest BCUT2D eigenvalue weighted by Gasteiger charge is 2.30. The summed E-state index contributed by atoms with van der Waals surface area (Å²) in [7, 11) is 0. The van der Waals surface area contributed by atoms with Crippen molar-refractivity contribution in [3.8, 4) is 6.07 Å². The van der Waals surface area contributed by atoms with E-state index in [4.69, 9.17) is 4.74 Å². The monoisotopic (exact) mass is 325 g/mol. The minimum absolute atomic E-state index is 0.0793. The average Bonchev–Trinajstić information content (AvgIpc) is 2.58. The van der Waals surface area contributed by atoms with Crippen molar-refractivity contribution in [1.29, 1.82) is 5.26 Å². The number of aromatic nitrogens is 1. The van der Waals surface area contributed by atoms with E-state index in [2.05, 4.69) is 16.4 Å². The molecule has 124 valence electrons. The number of nitrogens with one attached hydrogen (secondary N) is 1. The third-order valence-corrected chi connectivity index (χ3v) is 3.93. The number of fused-ring (bicyclic) bond motifs is 1. The molecule has 1 N–H and O–H groups in total. The highest BCUT2D eigenvalue weighted by atomic mass is 16.5. The maximum Gasteiger partial charge on any atom is 0.357 e. The third-order valence-electron chi connectivity index (χ3n) is 3.93. The Bertz CT molecular complexity index is 811. The van der Waals surface area contributed by atoms with Crippen LogP contribution in [-0.4, -0.2) is 29.0 Å². The molecule has 0 unspecified atom stereocenters. The van der Waals surface area contributed by atoms with Gasteiger partial charge in [-0.1, -0.05) is 38.1 Å². The van der Waals surface area contributed by atoms with E-state index in [1.807, 2.05) is 32.0 Å². The molecule has 2 rings (SSSR count). The Hall–Kier alpha value is -2.94. The number of esters is 1. The molecular weight excluding hydrogens is 306 g/mol. The highest BCUT2D eigenvalue weighted by Crippen LogP contribution is 2.15. The number of nitrogens with zero attached hydrogens (tertiary/aromatic N) is 2. The molecule has 0 fully saturated rings. The molecule has 6 nitrogen and oxygen atoms in total. The van der Waals surface area contributed by atoms with Crippen LogP contribution in [0.4, 0.5) is 0 Å². The zero-order valence-electron chi connectivity index (χ0n) is 13.9. The van der Waals surface area contributed by atoms with Crippen LogP contribution < -0.4 is 5.32 Å². The van der Waals surface area contributed by atoms with Crippen molar-refractivity contribution in [3.05, 3.63) is 42.1 Å². The molecule has 1 amide bonds. The fourth-order valence-corrected chi connectivity index (χ4v) is 2.01. The summed E-state index contributed by atoms with van der Waals surface area (Å²) in [6.45, 7) is 4.82. The van der Waals surface area contributed by atoms with Crippen LogP contribution in [0.2, 0.25) is 0 Å². The number of ether oxygens (including phenoxy) is 1. The molecule has 0 radical (unpaired) electrons. The quantitative estimate of drug-likeness (QED) is 0.852. The lowest BCUT2D eigenvalue weighted by Gasteiger charge is -2.27. The van der Waals surface area contributed by atoms with Crippen LogP contribution in [-0.2, 0) is 9.53 Å². The van der Waals surface area contributed by atoms with E-state index in [0.717, 1.165) is 5.39 Å². The molecule has 1 heterocycles. The molecule has 24 heavy (non-hydrogen) atoms. The Balaban J connectivity index is 1.99. The van der Waals surface area contributed by atoms with Gasteiger partial charge in [0.2, 0.25) is 0 Å². The molecule has 2 aromatic rings. The third kappa shape index (κ3) is 3.87. The number of hydrogen-bond donors (Lipinski definition) is 1. The van der Waals surface area contributed by atoms with E-state index < -0.39 is 24.0 Å². The predicted molar refractivity (Wildman–Crippen MR) is 89.0 cm³/mol. The van der Waals surface area contributed by atoms with Crippen LogP contribution >= 0.6 is 0 Å². The number of amides is 1. The van der Waals surface area contributed by atoms with E-state index in [1.54, 1.807) is 25.1 Å². The van der Waals surface area contributed by atoms with E-state index >= 15 is 0 Å². The number of nitriles is 1. The van der Waals surface area contributed by atoms with E-state index in [9.17, 15) is 14.9 Å². The van der Waals surface area contributed by atoms with Crippen LogP contribution in [0, 0.1) is 17.2 Å². The van der Waals surface area contributed by atoms with Gasteiger partial charge >= 0.3 is 5.97 Å². The lowest BCUT2D eigenvalue weighted by atomic mass is 9.90. The van der Waals surface area contributed by atoms with Crippen molar-refractivity contribution in [2.75, 3.05) is 6.61 Å². The summed E-state index contributed by atoms with van der Waals surface area (Å²) in [5.41, 5.74) is -0.202. The van der Waals surface area contributed by atoms with Crippen LogP contribution in [0.3, 0.4) is 0 Å². The van der Waals surface area contributed by atoms with Gasteiger partial charge in [0, 0.05) is 5.39 Å². The maximum absolute atomic E-state index is 12.0. The number of pyridine rings is 1. The van der Waals surface area contributed by atoms with Gasteiger partial charge in [-0.05, 0) is 25.0 Å². The van der Waals surface area contributed by atoms with Crippen molar-refractivity contribution in [1.82, 2.24) is 10.3 Å². The fourth-order valence-electron chi connectivity index (χ4n) is 2.01. The minimum atomic E-state index is -1.01. The molecule has 0 aliphatic heterocycles. The molecule has 0 saturated heterocycles. The molecule has 1 atom stereocenters. The van der Waals surface area contributed by atoms with E-state index in [0.29, 0.717) is 5.52 Å². The Morgan fingerprint density at radius 1 is 1.29 bits per heavy atom. The smallest absolute Gasteiger partial charge is 0.357 e. The molecule has 6 heteroatoms. The van der Waals surface area contributed by atoms with Crippen LogP contribution in [0.1, 0.15) is 31.3 Å². The van der Waals surface area contributed by atoms with E-state index in [-0.39, 0.29) is 11.6 Å². The lowest BCUT2D eigenvalue weighted by molar-refractivity contribution is -0.125. The maximum atomic E-state index is 12.0. The Kier molecular flexibility index (Phi) is 5.14. The molecular formula is C18H19N3O3. The van der Waals surface area contributed by atoms with Gasteiger partial charge in [0.05, 0.1) is 11.6 Å². The normalized spacial score (nSPS) is 13.1. The number of benzene rings is 1. The minimum Gasteiger partial charge on any atom is -0.451 e. The van der Waals surface area contributed by atoms with Crippen molar-refractivity contribution >= 4 is 22.8 Å². The van der Waals surface area contributed by atoms with Crippen molar-refractivity contribution in [2.45, 2.75) is 26.3 Å². The van der Waals surface area contributed by atoms with Gasteiger partial charge in [0.1, 0.15) is 11.2 Å². The molecule has 1 aromatic heterocycles. The summed E-state index contributed by atoms with van der Waals surface area (Å²) >= 11 is 0. The average molecular weight is 325 g/mol. The van der Waals surface area contributed by atoms with Gasteiger partial charge in [-0.2, -0.15) is 5.26 Å². The van der Waals surface area contributed by atoms with Crippen LogP contribution in [0.5, 0.6) is 0 Å². The molecule has 1 aromatic carbocycles. The molecule has 0 bridgehead atoms. The highest BCUT2D eigenvalue weighted by molar-refractivity contribution is 5.92. The SMILES string of the molecule is CC(C)[C@](C)(C#N)NC(=O)COC(=O)c1ccc2ccccc2n1. The van der Waals surface area contributed by atoms with Gasteiger partial charge < -0.3 is 10.1 Å². The molecule has 0 saturated carbocycles. The van der Waals surface area contributed by atoms with Gasteiger partial charge in [-0.3, -0.25) is 4.79 Å². The number of carbonyl (C=O) groups excluding carboxylic acids is 2. The standard InChI is InChI=1S/C18H19N3O3/c1-12(2)18(3,11-19)21-16(22)10-24-17(23)15-9-8-13-6-4-5-7-14(13)20-15/h4-9,12H,10H2,1-3H3,(H,21,22)/t18-/m0/s1. The van der Waals surface area contributed by atoms with Crippen molar-refractivity contribution in [2.24, 2.45) is 5.92 Å². The number of para-hydroxylation sites is 1. The van der Waals surface area contributed by atoms with Crippen LogP contribution in [0.15, 0.2) is 36.4 Å². The first kappa shape index (κ1) is 17.4.